The van der Waals surface area contributed by atoms with Gasteiger partial charge >= 0.3 is 6.03 Å². The molecule has 1 N–H and O–H groups in total. The molecule has 2 fully saturated rings. The number of nitrogens with one attached hydrogen (secondary N) is 1. The minimum atomic E-state index is -2.37. The Morgan fingerprint density at radius 1 is 1.48 bits per heavy atom. The summed E-state index contributed by atoms with van der Waals surface area (Å²) >= 11 is 6.01. The highest BCUT2D eigenvalue weighted by atomic mass is 35.5. The number of rotatable bonds is 3. The van der Waals surface area contributed by atoms with Crippen LogP contribution < -0.4 is 5.32 Å². The van der Waals surface area contributed by atoms with Crippen molar-refractivity contribution >= 4 is 17.6 Å². The lowest BCUT2D eigenvalue weighted by atomic mass is 10.0. The lowest BCUT2D eigenvalue weighted by molar-refractivity contribution is -0.0499. The molecule has 23 heavy (non-hydrogen) atoms. The van der Waals surface area contributed by atoms with Crippen LogP contribution in [0.3, 0.4) is 0 Å². The summed E-state index contributed by atoms with van der Waals surface area (Å²) in [7, 11) is 0. The van der Waals surface area contributed by atoms with E-state index in [1.54, 1.807) is 11.0 Å². The molecule has 0 radical (unpaired) electrons. The maximum absolute atomic E-state index is 12.6. The van der Waals surface area contributed by atoms with Crippen molar-refractivity contribution in [3.63, 3.8) is 0 Å². The van der Waals surface area contributed by atoms with E-state index >= 15 is 0 Å². The van der Waals surface area contributed by atoms with Crippen molar-refractivity contribution in [3.05, 3.63) is 34.9 Å². The monoisotopic (exact) mass is 344 g/mol. The van der Waals surface area contributed by atoms with Gasteiger partial charge in [0.1, 0.15) is 6.10 Å². The van der Waals surface area contributed by atoms with Crippen molar-refractivity contribution in [2.75, 3.05) is 13.2 Å². The molecule has 1 aliphatic heterocycles. The number of nitrogens with zero attached hydrogens (tertiary/aromatic N) is 1. The number of hydrogen-bond acceptors (Lipinski definition) is 2. The number of urea groups is 1. The van der Waals surface area contributed by atoms with Crippen LogP contribution in [0, 0.1) is 5.92 Å². The number of carbonyl (C=O) groups excluding carboxylic acids is 1. The topological polar surface area (TPSA) is 41.6 Å². The second kappa shape index (κ2) is 6.61. The standard InChI is InChI=1S/C16H19ClF2N2O2/c1-9-14(10-3-2-4-11(17)7-10)23-6-5-21(9)16(22)20-13-8-12(13)15(18)19/h2-4,7,9,12-15H,5-6,8H2,1H3,(H,20,22)/t9-,12+,13-,14+/m1/s1. The third-order valence-corrected chi connectivity index (χ3v) is 4.70. The molecule has 1 aliphatic carbocycles. The molecule has 0 bridgehead atoms. The summed E-state index contributed by atoms with van der Waals surface area (Å²) in [4.78, 5) is 14.0. The second-order valence-electron chi connectivity index (χ2n) is 6.07. The molecule has 2 aliphatic rings. The first-order chi connectivity index (χ1) is 11.0. The normalized spacial score (nSPS) is 30.4. The van der Waals surface area contributed by atoms with Gasteiger partial charge in [0, 0.05) is 23.5 Å². The Hall–Kier alpha value is -1.40. The predicted octanol–water partition coefficient (Wildman–Crippen LogP) is 3.47. The van der Waals surface area contributed by atoms with E-state index in [0.717, 1.165) is 5.56 Å². The fourth-order valence-corrected chi connectivity index (χ4v) is 3.23. The largest absolute Gasteiger partial charge is 0.370 e. The van der Waals surface area contributed by atoms with Gasteiger partial charge in [0.25, 0.3) is 0 Å². The van der Waals surface area contributed by atoms with E-state index in [9.17, 15) is 13.6 Å². The second-order valence-corrected chi connectivity index (χ2v) is 6.51. The highest BCUT2D eigenvalue weighted by Gasteiger charge is 2.46. The Labute approximate surface area is 138 Å². The van der Waals surface area contributed by atoms with E-state index in [-0.39, 0.29) is 18.2 Å². The van der Waals surface area contributed by atoms with Gasteiger partial charge in [0.05, 0.1) is 12.6 Å². The quantitative estimate of drug-likeness (QED) is 0.912. The predicted molar refractivity (Wildman–Crippen MR) is 82.7 cm³/mol. The lowest BCUT2D eigenvalue weighted by Crippen LogP contribution is -2.53. The van der Waals surface area contributed by atoms with Crippen molar-refractivity contribution in [1.82, 2.24) is 10.2 Å². The van der Waals surface area contributed by atoms with Crippen LogP contribution >= 0.6 is 11.6 Å². The number of amides is 2. The molecular formula is C16H19ClF2N2O2. The Morgan fingerprint density at radius 2 is 2.26 bits per heavy atom. The molecule has 4 nitrogen and oxygen atoms in total. The summed E-state index contributed by atoms with van der Waals surface area (Å²) < 4.78 is 30.9. The highest BCUT2D eigenvalue weighted by Crippen LogP contribution is 2.36. The number of morpholine rings is 1. The van der Waals surface area contributed by atoms with Crippen molar-refractivity contribution in [2.45, 2.75) is 38.0 Å². The third kappa shape index (κ3) is 3.58. The fraction of sp³-hybridized carbons (Fsp3) is 0.562. The van der Waals surface area contributed by atoms with E-state index in [4.69, 9.17) is 16.3 Å². The fourth-order valence-electron chi connectivity index (χ4n) is 3.03. The van der Waals surface area contributed by atoms with Gasteiger partial charge in [-0.05, 0) is 31.0 Å². The minimum absolute atomic E-state index is 0.203. The van der Waals surface area contributed by atoms with E-state index < -0.39 is 18.4 Å². The Balaban J connectivity index is 1.65. The first-order valence-electron chi connectivity index (χ1n) is 7.69. The third-order valence-electron chi connectivity index (χ3n) is 4.47. The van der Waals surface area contributed by atoms with Gasteiger partial charge in [-0.2, -0.15) is 0 Å². The number of halogens is 3. The zero-order chi connectivity index (χ0) is 16.6. The molecule has 1 heterocycles. The maximum atomic E-state index is 12.6. The van der Waals surface area contributed by atoms with Crippen molar-refractivity contribution in [1.29, 1.82) is 0 Å². The summed E-state index contributed by atoms with van der Waals surface area (Å²) in [5, 5.41) is 3.30. The van der Waals surface area contributed by atoms with Gasteiger partial charge in [-0.25, -0.2) is 13.6 Å². The van der Waals surface area contributed by atoms with Gasteiger partial charge in [-0.1, -0.05) is 23.7 Å². The van der Waals surface area contributed by atoms with Gasteiger partial charge in [-0.3, -0.25) is 0 Å². The average Bonchev–Trinajstić information content (AvgIpc) is 3.26. The molecule has 1 aromatic rings. The van der Waals surface area contributed by atoms with Crippen LogP contribution in [-0.2, 0) is 4.74 Å². The van der Waals surface area contributed by atoms with Crippen molar-refractivity contribution in [3.8, 4) is 0 Å². The molecule has 1 saturated heterocycles. The zero-order valence-electron chi connectivity index (χ0n) is 12.7. The first kappa shape index (κ1) is 16.5. The molecule has 7 heteroatoms. The molecule has 1 saturated carbocycles. The van der Waals surface area contributed by atoms with Crippen LogP contribution in [0.4, 0.5) is 13.6 Å². The molecule has 0 aromatic heterocycles. The number of benzene rings is 1. The SMILES string of the molecule is C[C@@H]1[C@@H](c2cccc(Cl)c2)OCCN1C(=O)N[C@@H]1C[C@@H]1C(F)F. The van der Waals surface area contributed by atoms with Crippen LogP contribution in [0.2, 0.25) is 5.02 Å². The molecule has 4 atom stereocenters. The summed E-state index contributed by atoms with van der Waals surface area (Å²) in [5.41, 5.74) is 0.902. The lowest BCUT2D eigenvalue weighted by Gasteiger charge is -2.39. The Bertz CT molecular complexity index is 587. The summed E-state index contributed by atoms with van der Waals surface area (Å²) in [6.45, 7) is 2.73. The molecule has 0 unspecified atom stereocenters. The van der Waals surface area contributed by atoms with Crippen LogP contribution in [0.5, 0.6) is 0 Å². The van der Waals surface area contributed by atoms with E-state index in [1.165, 1.54) is 0 Å². The van der Waals surface area contributed by atoms with Gasteiger partial charge in [0.2, 0.25) is 6.43 Å². The zero-order valence-corrected chi connectivity index (χ0v) is 13.5. The highest BCUT2D eigenvalue weighted by molar-refractivity contribution is 6.30. The van der Waals surface area contributed by atoms with Gasteiger partial charge in [0.15, 0.2) is 0 Å². The van der Waals surface area contributed by atoms with Crippen molar-refractivity contribution < 1.29 is 18.3 Å². The molecule has 1 aromatic carbocycles. The van der Waals surface area contributed by atoms with E-state index in [2.05, 4.69) is 5.32 Å². The van der Waals surface area contributed by atoms with E-state index in [0.29, 0.717) is 24.6 Å². The van der Waals surface area contributed by atoms with Gasteiger partial charge < -0.3 is 15.0 Å². The summed E-state index contributed by atoms with van der Waals surface area (Å²) in [6.07, 6.45) is -2.31. The number of alkyl halides is 2. The summed E-state index contributed by atoms with van der Waals surface area (Å²) in [6, 6.07) is 6.42. The Kier molecular flexibility index (Phi) is 4.73. The maximum Gasteiger partial charge on any atom is 0.318 e. The van der Waals surface area contributed by atoms with Crippen molar-refractivity contribution in [2.24, 2.45) is 5.92 Å². The minimum Gasteiger partial charge on any atom is -0.370 e. The number of ether oxygens (including phenoxy) is 1. The molecular weight excluding hydrogens is 326 g/mol. The molecule has 0 spiro atoms. The number of carbonyl (C=O) groups is 1. The smallest absolute Gasteiger partial charge is 0.318 e. The van der Waals surface area contributed by atoms with E-state index in [1.807, 2.05) is 25.1 Å². The molecule has 3 rings (SSSR count). The molecule has 2 amide bonds. The van der Waals surface area contributed by atoms with Crippen LogP contribution in [0.1, 0.15) is 25.0 Å². The average molecular weight is 345 g/mol. The molecule has 126 valence electrons. The first-order valence-corrected chi connectivity index (χ1v) is 8.07. The van der Waals surface area contributed by atoms with Gasteiger partial charge in [-0.15, -0.1) is 0 Å². The van der Waals surface area contributed by atoms with Crippen LogP contribution in [0.15, 0.2) is 24.3 Å². The summed E-state index contributed by atoms with van der Waals surface area (Å²) in [5.74, 6) is -0.709. The number of hydrogen-bond donors (Lipinski definition) is 1. The Morgan fingerprint density at radius 3 is 2.91 bits per heavy atom. The van der Waals surface area contributed by atoms with Crippen LogP contribution in [-0.4, -0.2) is 42.6 Å². The van der Waals surface area contributed by atoms with Crippen LogP contribution in [0.25, 0.3) is 0 Å².